The zero-order valence-electron chi connectivity index (χ0n) is 12.7. The molecule has 0 aromatic heterocycles. The number of hydrogen-bond acceptors (Lipinski definition) is 2. The van der Waals surface area contributed by atoms with Crippen LogP contribution in [0, 0.1) is 23.0 Å². The van der Waals surface area contributed by atoms with Crippen molar-refractivity contribution < 1.29 is 23.5 Å². The van der Waals surface area contributed by atoms with E-state index in [1.54, 1.807) is 4.90 Å². The Bertz CT molecular complexity index is 649. The van der Waals surface area contributed by atoms with Gasteiger partial charge in [-0.1, -0.05) is 18.6 Å². The summed E-state index contributed by atoms with van der Waals surface area (Å²) in [5.41, 5.74) is -0.634. The fraction of sp³-hybridized carbons (Fsp3) is 0.529. The summed E-state index contributed by atoms with van der Waals surface area (Å²) in [4.78, 5) is 25.5. The van der Waals surface area contributed by atoms with Gasteiger partial charge in [0.05, 0.1) is 5.41 Å². The Labute approximate surface area is 133 Å². The van der Waals surface area contributed by atoms with Crippen molar-refractivity contribution in [3.05, 3.63) is 35.4 Å². The lowest BCUT2D eigenvalue weighted by Gasteiger charge is -2.23. The van der Waals surface area contributed by atoms with E-state index in [1.165, 1.54) is 12.1 Å². The van der Waals surface area contributed by atoms with Gasteiger partial charge in [0, 0.05) is 19.5 Å². The van der Waals surface area contributed by atoms with Gasteiger partial charge >= 0.3 is 5.97 Å². The molecule has 0 unspecified atom stereocenters. The molecular formula is C17H19F2NO3. The molecule has 2 aliphatic rings. The molecule has 1 saturated carbocycles. The molecule has 1 aliphatic carbocycles. The molecule has 1 aliphatic heterocycles. The summed E-state index contributed by atoms with van der Waals surface area (Å²) in [6.45, 7) is 0.689. The van der Waals surface area contributed by atoms with Gasteiger partial charge in [-0.05, 0) is 36.8 Å². The van der Waals surface area contributed by atoms with Crippen molar-refractivity contribution in [2.75, 3.05) is 13.1 Å². The van der Waals surface area contributed by atoms with E-state index in [-0.39, 0.29) is 36.8 Å². The third kappa shape index (κ3) is 2.71. The molecule has 1 heterocycles. The highest BCUT2D eigenvalue weighted by Gasteiger charge is 2.55. The molecule has 0 bridgehead atoms. The van der Waals surface area contributed by atoms with Crippen LogP contribution in [0.25, 0.3) is 0 Å². The molecule has 2 fully saturated rings. The summed E-state index contributed by atoms with van der Waals surface area (Å²) < 4.78 is 26.8. The lowest BCUT2D eigenvalue weighted by atomic mass is 9.81. The smallest absolute Gasteiger partial charge is 0.311 e. The van der Waals surface area contributed by atoms with Gasteiger partial charge in [0.25, 0.3) is 0 Å². The van der Waals surface area contributed by atoms with E-state index in [4.69, 9.17) is 0 Å². The lowest BCUT2D eigenvalue weighted by Crippen LogP contribution is -2.37. The average Bonchev–Trinajstić information content (AvgIpc) is 3.06. The van der Waals surface area contributed by atoms with E-state index in [0.717, 1.165) is 18.9 Å². The number of carbonyl (C=O) groups excluding carboxylic acids is 1. The number of aliphatic carboxylic acids is 1. The van der Waals surface area contributed by atoms with Crippen LogP contribution >= 0.6 is 0 Å². The van der Waals surface area contributed by atoms with Gasteiger partial charge in [-0.2, -0.15) is 0 Å². The molecule has 1 amide bonds. The first-order valence-corrected chi connectivity index (χ1v) is 7.88. The maximum atomic E-state index is 13.6. The number of hydrogen-bond donors (Lipinski definition) is 1. The molecule has 0 spiro atoms. The van der Waals surface area contributed by atoms with Crippen LogP contribution in [-0.2, 0) is 16.0 Å². The molecule has 1 aromatic rings. The number of amides is 1. The number of nitrogens with zero attached hydrogens (tertiary/aromatic N) is 1. The first-order chi connectivity index (χ1) is 10.9. The Kier molecular flexibility index (Phi) is 4.08. The van der Waals surface area contributed by atoms with Crippen molar-refractivity contribution in [3.63, 3.8) is 0 Å². The number of benzene rings is 1. The fourth-order valence-corrected chi connectivity index (χ4v) is 3.97. The predicted molar refractivity (Wildman–Crippen MR) is 78.7 cm³/mol. The summed E-state index contributed by atoms with van der Waals surface area (Å²) in [6.07, 6.45) is 2.49. The second-order valence-corrected chi connectivity index (χ2v) is 6.54. The van der Waals surface area contributed by atoms with Crippen LogP contribution in [0.2, 0.25) is 0 Å². The SMILES string of the molecule is O=C(CCc1cccc(F)c1F)N1C[C@@H]2CCC[C@@]2(C(=O)O)C1. The van der Waals surface area contributed by atoms with Crippen LogP contribution in [0.1, 0.15) is 31.2 Å². The molecule has 1 N–H and O–H groups in total. The van der Waals surface area contributed by atoms with Crippen molar-refractivity contribution >= 4 is 11.9 Å². The van der Waals surface area contributed by atoms with Crippen LogP contribution < -0.4 is 0 Å². The highest BCUT2D eigenvalue weighted by atomic mass is 19.2. The first-order valence-electron chi connectivity index (χ1n) is 7.88. The van der Waals surface area contributed by atoms with Crippen molar-refractivity contribution in [2.45, 2.75) is 32.1 Å². The number of rotatable bonds is 4. The largest absolute Gasteiger partial charge is 0.481 e. The van der Waals surface area contributed by atoms with E-state index in [9.17, 15) is 23.5 Å². The molecule has 0 radical (unpaired) electrons. The van der Waals surface area contributed by atoms with Crippen LogP contribution in [0.15, 0.2) is 18.2 Å². The Hall–Kier alpha value is -1.98. The van der Waals surface area contributed by atoms with Crippen LogP contribution in [0.3, 0.4) is 0 Å². The van der Waals surface area contributed by atoms with E-state index < -0.39 is 23.0 Å². The van der Waals surface area contributed by atoms with Crippen molar-refractivity contribution in [1.29, 1.82) is 0 Å². The molecule has 1 aromatic carbocycles. The fourth-order valence-electron chi connectivity index (χ4n) is 3.97. The highest BCUT2D eigenvalue weighted by molar-refractivity contribution is 5.81. The van der Waals surface area contributed by atoms with E-state index in [0.29, 0.717) is 13.0 Å². The molecule has 2 atom stereocenters. The van der Waals surface area contributed by atoms with Crippen molar-refractivity contribution in [3.8, 4) is 0 Å². The van der Waals surface area contributed by atoms with Gasteiger partial charge in [0.2, 0.25) is 5.91 Å². The Morgan fingerprint density at radius 1 is 1.35 bits per heavy atom. The van der Waals surface area contributed by atoms with Crippen molar-refractivity contribution in [1.82, 2.24) is 4.90 Å². The van der Waals surface area contributed by atoms with Gasteiger partial charge < -0.3 is 10.0 Å². The number of carbonyl (C=O) groups is 2. The number of aryl methyl sites for hydroxylation is 1. The summed E-state index contributed by atoms with van der Waals surface area (Å²) in [5.74, 6) is -2.85. The minimum absolute atomic E-state index is 0.00913. The number of carboxylic acids is 1. The Balaban J connectivity index is 1.64. The van der Waals surface area contributed by atoms with Gasteiger partial charge in [0.1, 0.15) is 0 Å². The molecular weight excluding hydrogens is 304 g/mol. The molecule has 124 valence electrons. The summed E-state index contributed by atoms with van der Waals surface area (Å²) in [7, 11) is 0. The third-order valence-electron chi connectivity index (χ3n) is 5.29. The highest BCUT2D eigenvalue weighted by Crippen LogP contribution is 2.49. The minimum atomic E-state index is -0.921. The number of carboxylic acid groups (broad SMARTS) is 1. The van der Waals surface area contributed by atoms with Gasteiger partial charge in [0.15, 0.2) is 11.6 Å². The normalized spacial score (nSPS) is 26.3. The van der Waals surface area contributed by atoms with Gasteiger partial charge in [-0.15, -0.1) is 0 Å². The Morgan fingerprint density at radius 2 is 2.13 bits per heavy atom. The molecule has 4 nitrogen and oxygen atoms in total. The second-order valence-electron chi connectivity index (χ2n) is 6.54. The minimum Gasteiger partial charge on any atom is -0.481 e. The van der Waals surface area contributed by atoms with Gasteiger partial charge in [-0.3, -0.25) is 9.59 Å². The van der Waals surface area contributed by atoms with E-state index in [1.807, 2.05) is 0 Å². The topological polar surface area (TPSA) is 57.6 Å². The third-order valence-corrected chi connectivity index (χ3v) is 5.29. The van der Waals surface area contributed by atoms with Gasteiger partial charge in [-0.25, -0.2) is 8.78 Å². The number of halogens is 2. The second kappa shape index (κ2) is 5.91. The van der Waals surface area contributed by atoms with Crippen LogP contribution in [0.4, 0.5) is 8.78 Å². The lowest BCUT2D eigenvalue weighted by molar-refractivity contribution is -0.149. The molecule has 3 rings (SSSR count). The molecule has 1 saturated heterocycles. The zero-order valence-corrected chi connectivity index (χ0v) is 12.7. The van der Waals surface area contributed by atoms with E-state index >= 15 is 0 Å². The van der Waals surface area contributed by atoms with E-state index in [2.05, 4.69) is 0 Å². The zero-order chi connectivity index (χ0) is 16.6. The standard InChI is InChI=1S/C17H19F2NO3/c18-13-5-1-3-11(15(13)19)6-7-14(21)20-9-12-4-2-8-17(12,10-20)16(22)23/h1,3,5,12H,2,4,6-10H2,(H,22,23)/t12-,17+/m0/s1. The average molecular weight is 323 g/mol. The maximum Gasteiger partial charge on any atom is 0.311 e. The van der Waals surface area contributed by atoms with Crippen LogP contribution in [0.5, 0.6) is 0 Å². The summed E-state index contributed by atoms with van der Waals surface area (Å²) in [5, 5.41) is 9.52. The quantitative estimate of drug-likeness (QED) is 0.926. The summed E-state index contributed by atoms with van der Waals surface area (Å²) in [6, 6.07) is 3.92. The molecule has 6 heteroatoms. The van der Waals surface area contributed by atoms with Crippen LogP contribution in [-0.4, -0.2) is 35.0 Å². The Morgan fingerprint density at radius 3 is 2.83 bits per heavy atom. The number of fused-ring (bicyclic) bond motifs is 1. The summed E-state index contributed by atoms with van der Waals surface area (Å²) >= 11 is 0. The first kappa shape index (κ1) is 15.9. The predicted octanol–water partition coefficient (Wildman–Crippen LogP) is 2.61. The van der Waals surface area contributed by atoms with Crippen molar-refractivity contribution in [2.24, 2.45) is 11.3 Å². The maximum absolute atomic E-state index is 13.6. The monoisotopic (exact) mass is 323 g/mol. The number of likely N-dealkylation sites (tertiary alicyclic amines) is 1. The molecule has 23 heavy (non-hydrogen) atoms.